The molecule has 128 valence electrons. The highest BCUT2D eigenvalue weighted by Gasteiger charge is 2.23. The molecule has 1 saturated heterocycles. The molecule has 0 N–H and O–H groups in total. The van der Waals surface area contributed by atoms with Crippen molar-refractivity contribution in [2.45, 2.75) is 19.3 Å². The fraction of sp³-hybridized carbons (Fsp3) is 0.429. The first-order valence-electron chi connectivity index (χ1n) is 8.60. The third-order valence-electron chi connectivity index (χ3n) is 4.74. The van der Waals surface area contributed by atoms with Gasteiger partial charge in [-0.25, -0.2) is 0 Å². The van der Waals surface area contributed by atoms with E-state index in [4.69, 9.17) is 14.2 Å². The minimum absolute atomic E-state index is 0.593. The summed E-state index contributed by atoms with van der Waals surface area (Å²) in [6.45, 7) is 1.73. The number of rotatable bonds is 6. The molecule has 0 amide bonds. The Morgan fingerprint density at radius 2 is 1.17 bits per heavy atom. The molecule has 0 radical (unpaired) electrons. The fourth-order valence-corrected chi connectivity index (χ4v) is 3.48. The highest BCUT2D eigenvalue weighted by molar-refractivity contribution is 5.28. The molecule has 0 unspecified atom stereocenters. The Balaban J connectivity index is 1.54. The van der Waals surface area contributed by atoms with Crippen molar-refractivity contribution in [3.63, 3.8) is 0 Å². The molecule has 3 rings (SSSR count). The van der Waals surface area contributed by atoms with Gasteiger partial charge >= 0.3 is 0 Å². The van der Waals surface area contributed by atoms with Gasteiger partial charge < -0.3 is 14.2 Å². The van der Waals surface area contributed by atoms with Gasteiger partial charge in [0.05, 0.1) is 14.2 Å². The van der Waals surface area contributed by atoms with Gasteiger partial charge in [0.1, 0.15) is 11.5 Å². The third kappa shape index (κ3) is 4.51. The molecular weight excluding hydrogens is 300 g/mol. The molecule has 0 aliphatic carbocycles. The summed E-state index contributed by atoms with van der Waals surface area (Å²) in [4.78, 5) is 0. The molecule has 2 atom stereocenters. The van der Waals surface area contributed by atoms with Crippen LogP contribution in [-0.2, 0) is 17.6 Å². The summed E-state index contributed by atoms with van der Waals surface area (Å²) >= 11 is 0. The summed E-state index contributed by atoms with van der Waals surface area (Å²) in [6.07, 6.45) is 3.37. The zero-order valence-corrected chi connectivity index (χ0v) is 14.5. The van der Waals surface area contributed by atoms with Gasteiger partial charge in [-0.2, -0.15) is 0 Å². The van der Waals surface area contributed by atoms with Crippen molar-refractivity contribution in [3.05, 3.63) is 59.7 Å². The fourth-order valence-electron chi connectivity index (χ4n) is 3.48. The quantitative estimate of drug-likeness (QED) is 0.798. The first kappa shape index (κ1) is 16.8. The van der Waals surface area contributed by atoms with Crippen LogP contribution in [0.2, 0.25) is 0 Å². The lowest BCUT2D eigenvalue weighted by Gasteiger charge is -2.29. The highest BCUT2D eigenvalue weighted by atomic mass is 16.5. The Hall–Kier alpha value is -2.00. The number of methoxy groups -OCH3 is 2. The molecule has 3 heteroatoms. The minimum Gasteiger partial charge on any atom is -0.497 e. The second-order valence-electron chi connectivity index (χ2n) is 6.61. The Morgan fingerprint density at radius 3 is 1.54 bits per heavy atom. The van der Waals surface area contributed by atoms with E-state index < -0.39 is 0 Å². The van der Waals surface area contributed by atoms with E-state index in [1.165, 1.54) is 17.5 Å². The number of hydrogen-bond acceptors (Lipinski definition) is 3. The molecule has 3 nitrogen and oxygen atoms in total. The zero-order valence-electron chi connectivity index (χ0n) is 14.5. The van der Waals surface area contributed by atoms with Crippen LogP contribution in [0.5, 0.6) is 11.5 Å². The molecule has 24 heavy (non-hydrogen) atoms. The van der Waals surface area contributed by atoms with E-state index in [9.17, 15) is 0 Å². The summed E-state index contributed by atoms with van der Waals surface area (Å²) in [5, 5.41) is 0. The minimum atomic E-state index is 0.593. The van der Waals surface area contributed by atoms with Crippen LogP contribution >= 0.6 is 0 Å². The number of benzene rings is 2. The van der Waals surface area contributed by atoms with Gasteiger partial charge in [-0.1, -0.05) is 24.3 Å². The summed E-state index contributed by atoms with van der Waals surface area (Å²) in [5.41, 5.74) is 2.71. The van der Waals surface area contributed by atoms with Crippen molar-refractivity contribution in [1.82, 2.24) is 0 Å². The van der Waals surface area contributed by atoms with E-state index in [0.717, 1.165) is 37.6 Å². The largest absolute Gasteiger partial charge is 0.497 e. The average Bonchev–Trinajstić information content (AvgIpc) is 2.63. The zero-order chi connectivity index (χ0) is 16.8. The monoisotopic (exact) mass is 326 g/mol. The van der Waals surface area contributed by atoms with Crippen LogP contribution in [0.15, 0.2) is 48.5 Å². The molecule has 1 aliphatic rings. The van der Waals surface area contributed by atoms with Crippen molar-refractivity contribution in [1.29, 1.82) is 0 Å². The smallest absolute Gasteiger partial charge is 0.118 e. The Labute approximate surface area is 144 Å². The summed E-state index contributed by atoms with van der Waals surface area (Å²) in [7, 11) is 3.40. The van der Waals surface area contributed by atoms with Crippen LogP contribution in [-0.4, -0.2) is 27.4 Å². The lowest BCUT2D eigenvalue weighted by molar-refractivity contribution is 0.0154. The van der Waals surface area contributed by atoms with Crippen LogP contribution in [0, 0.1) is 11.8 Å². The first-order valence-corrected chi connectivity index (χ1v) is 8.60. The predicted octanol–water partition coefficient (Wildman–Crippen LogP) is 4.14. The maximum Gasteiger partial charge on any atom is 0.118 e. The van der Waals surface area contributed by atoms with Gasteiger partial charge in [0, 0.05) is 13.2 Å². The molecule has 2 aromatic carbocycles. The maximum absolute atomic E-state index is 5.88. The van der Waals surface area contributed by atoms with E-state index in [0.29, 0.717) is 11.8 Å². The molecular formula is C21H26O3. The van der Waals surface area contributed by atoms with Crippen LogP contribution in [0.1, 0.15) is 17.5 Å². The van der Waals surface area contributed by atoms with Crippen molar-refractivity contribution in [2.24, 2.45) is 11.8 Å². The topological polar surface area (TPSA) is 27.7 Å². The maximum atomic E-state index is 5.88. The lowest BCUT2D eigenvalue weighted by Crippen LogP contribution is -2.28. The first-order chi connectivity index (χ1) is 11.8. The van der Waals surface area contributed by atoms with Gasteiger partial charge in [0.25, 0.3) is 0 Å². The van der Waals surface area contributed by atoms with Gasteiger partial charge in [0.15, 0.2) is 0 Å². The second kappa shape index (κ2) is 8.20. The summed E-state index contributed by atoms with van der Waals surface area (Å²) in [6, 6.07) is 16.8. The Bertz CT molecular complexity index is 563. The van der Waals surface area contributed by atoms with Crippen LogP contribution in [0.25, 0.3) is 0 Å². The van der Waals surface area contributed by atoms with Gasteiger partial charge in [-0.3, -0.25) is 0 Å². The van der Waals surface area contributed by atoms with Crippen molar-refractivity contribution in [3.8, 4) is 11.5 Å². The van der Waals surface area contributed by atoms with Crippen LogP contribution < -0.4 is 9.47 Å². The predicted molar refractivity (Wildman–Crippen MR) is 95.8 cm³/mol. The van der Waals surface area contributed by atoms with E-state index in [-0.39, 0.29) is 0 Å². The molecule has 1 fully saturated rings. The average molecular weight is 326 g/mol. The SMILES string of the molecule is COc1ccc(C[C@H]2COC[C@H](Cc3ccc(OC)cc3)C2)cc1. The molecule has 1 heterocycles. The van der Waals surface area contributed by atoms with Crippen LogP contribution in [0.4, 0.5) is 0 Å². The summed E-state index contributed by atoms with van der Waals surface area (Å²) < 4.78 is 16.3. The van der Waals surface area contributed by atoms with E-state index in [1.807, 2.05) is 24.3 Å². The van der Waals surface area contributed by atoms with E-state index in [1.54, 1.807) is 14.2 Å². The number of hydrogen-bond donors (Lipinski definition) is 0. The summed E-state index contributed by atoms with van der Waals surface area (Å²) in [5.74, 6) is 3.01. The van der Waals surface area contributed by atoms with Gasteiger partial charge in [-0.05, 0) is 66.5 Å². The van der Waals surface area contributed by atoms with E-state index in [2.05, 4.69) is 24.3 Å². The molecule has 0 bridgehead atoms. The number of ether oxygens (including phenoxy) is 3. The molecule has 0 spiro atoms. The molecule has 0 aromatic heterocycles. The van der Waals surface area contributed by atoms with Crippen molar-refractivity contribution in [2.75, 3.05) is 27.4 Å². The van der Waals surface area contributed by atoms with Crippen molar-refractivity contribution >= 4 is 0 Å². The van der Waals surface area contributed by atoms with Crippen LogP contribution in [0.3, 0.4) is 0 Å². The standard InChI is InChI=1S/C21H26O3/c1-22-20-7-3-16(4-8-20)11-18-13-19(15-24-14-18)12-17-5-9-21(23-2)10-6-17/h3-10,18-19H,11-15H2,1-2H3/t18-,19-/m1/s1. The van der Waals surface area contributed by atoms with Gasteiger partial charge in [0.2, 0.25) is 0 Å². The Morgan fingerprint density at radius 1 is 0.750 bits per heavy atom. The normalized spacial score (nSPS) is 20.6. The molecule has 1 aliphatic heterocycles. The molecule has 0 saturated carbocycles. The Kier molecular flexibility index (Phi) is 5.76. The molecule has 2 aromatic rings. The van der Waals surface area contributed by atoms with Gasteiger partial charge in [-0.15, -0.1) is 0 Å². The van der Waals surface area contributed by atoms with Crippen molar-refractivity contribution < 1.29 is 14.2 Å². The third-order valence-corrected chi connectivity index (χ3v) is 4.74. The highest BCUT2D eigenvalue weighted by Crippen LogP contribution is 2.27. The second-order valence-corrected chi connectivity index (χ2v) is 6.61. The lowest BCUT2D eigenvalue weighted by atomic mass is 9.85. The van der Waals surface area contributed by atoms with E-state index >= 15 is 0 Å².